The van der Waals surface area contributed by atoms with E-state index < -0.39 is 0 Å². The van der Waals surface area contributed by atoms with Gasteiger partial charge >= 0.3 is 0 Å². The predicted molar refractivity (Wildman–Crippen MR) is 62.7 cm³/mol. The van der Waals surface area contributed by atoms with Gasteiger partial charge in [-0.25, -0.2) is 4.39 Å². The van der Waals surface area contributed by atoms with Crippen LogP contribution >= 0.6 is 11.6 Å². The maximum atomic E-state index is 12.8. The molecule has 1 atom stereocenters. The zero-order valence-corrected chi connectivity index (χ0v) is 9.73. The molecular formula is C12H17ClFN. The summed E-state index contributed by atoms with van der Waals surface area (Å²) in [6.07, 6.45) is 2.07. The van der Waals surface area contributed by atoms with Gasteiger partial charge in [0, 0.05) is 11.9 Å². The highest BCUT2D eigenvalue weighted by atomic mass is 35.5. The minimum absolute atomic E-state index is 0.177. The summed E-state index contributed by atoms with van der Waals surface area (Å²) in [6, 6.07) is 6.66. The molecule has 1 aromatic carbocycles. The van der Waals surface area contributed by atoms with Gasteiger partial charge in [0.05, 0.1) is 0 Å². The van der Waals surface area contributed by atoms with Crippen molar-refractivity contribution in [2.75, 3.05) is 6.54 Å². The highest BCUT2D eigenvalue weighted by Gasteiger charge is 1.97. The average Bonchev–Trinajstić information content (AvgIpc) is 2.17. The second-order valence-electron chi connectivity index (χ2n) is 3.73. The summed E-state index contributed by atoms with van der Waals surface area (Å²) in [5.41, 5.74) is 0.980. The monoisotopic (exact) mass is 229 g/mol. The summed E-state index contributed by atoms with van der Waals surface area (Å²) >= 11 is 5.82. The third-order valence-corrected chi connectivity index (χ3v) is 2.39. The summed E-state index contributed by atoms with van der Waals surface area (Å²) in [5.74, 6) is -0.177. The SMILES string of the molecule is CC(Cl)CCCNCc1cccc(F)c1. The van der Waals surface area contributed by atoms with Gasteiger partial charge in [-0.15, -0.1) is 11.6 Å². The standard InChI is InChI=1S/C12H17ClFN/c1-10(13)4-3-7-15-9-11-5-2-6-12(14)8-11/h2,5-6,8,10,15H,3-4,7,9H2,1H3. The average molecular weight is 230 g/mol. The van der Waals surface area contributed by atoms with Crippen LogP contribution < -0.4 is 5.32 Å². The molecule has 0 aliphatic carbocycles. The van der Waals surface area contributed by atoms with Crippen molar-refractivity contribution in [1.82, 2.24) is 5.32 Å². The molecule has 15 heavy (non-hydrogen) atoms. The van der Waals surface area contributed by atoms with Gasteiger partial charge < -0.3 is 5.32 Å². The molecule has 0 radical (unpaired) electrons. The first-order chi connectivity index (χ1) is 7.18. The van der Waals surface area contributed by atoms with E-state index >= 15 is 0 Å². The smallest absolute Gasteiger partial charge is 0.123 e. The van der Waals surface area contributed by atoms with Crippen LogP contribution in [0, 0.1) is 5.82 Å². The Balaban J connectivity index is 2.15. The lowest BCUT2D eigenvalue weighted by Crippen LogP contribution is -2.15. The summed E-state index contributed by atoms with van der Waals surface area (Å²) in [6.45, 7) is 3.64. The Bertz CT molecular complexity index is 289. The van der Waals surface area contributed by atoms with Crippen molar-refractivity contribution in [3.05, 3.63) is 35.6 Å². The second kappa shape index (κ2) is 6.81. The van der Waals surface area contributed by atoms with Crippen LogP contribution in [0.15, 0.2) is 24.3 Å². The Hall–Kier alpha value is -0.600. The van der Waals surface area contributed by atoms with Crippen LogP contribution in [0.1, 0.15) is 25.3 Å². The first-order valence-corrected chi connectivity index (χ1v) is 5.71. The predicted octanol–water partition coefficient (Wildman–Crippen LogP) is 3.32. The van der Waals surface area contributed by atoms with Crippen LogP contribution in [0.25, 0.3) is 0 Å². The van der Waals surface area contributed by atoms with Crippen molar-refractivity contribution in [1.29, 1.82) is 0 Å². The van der Waals surface area contributed by atoms with Gasteiger partial charge in [0.15, 0.2) is 0 Å². The molecule has 0 heterocycles. The second-order valence-corrected chi connectivity index (χ2v) is 4.47. The minimum Gasteiger partial charge on any atom is -0.313 e. The largest absolute Gasteiger partial charge is 0.313 e. The summed E-state index contributed by atoms with van der Waals surface area (Å²) in [4.78, 5) is 0. The summed E-state index contributed by atoms with van der Waals surface area (Å²) in [7, 11) is 0. The van der Waals surface area contributed by atoms with E-state index in [4.69, 9.17) is 11.6 Å². The Morgan fingerprint density at radius 2 is 2.27 bits per heavy atom. The van der Waals surface area contributed by atoms with Gasteiger partial charge in [-0.05, 0) is 44.0 Å². The van der Waals surface area contributed by atoms with E-state index in [0.717, 1.165) is 24.9 Å². The molecule has 0 spiro atoms. The number of hydrogen-bond donors (Lipinski definition) is 1. The third-order valence-electron chi connectivity index (χ3n) is 2.17. The van der Waals surface area contributed by atoms with Crippen LogP contribution in [0.5, 0.6) is 0 Å². The molecule has 0 aliphatic rings. The molecule has 1 unspecified atom stereocenters. The molecular weight excluding hydrogens is 213 g/mol. The number of rotatable bonds is 6. The van der Waals surface area contributed by atoms with E-state index in [0.29, 0.717) is 6.54 Å². The fraction of sp³-hybridized carbons (Fsp3) is 0.500. The van der Waals surface area contributed by atoms with Crippen molar-refractivity contribution >= 4 is 11.6 Å². The molecule has 84 valence electrons. The molecule has 0 amide bonds. The van der Waals surface area contributed by atoms with Gasteiger partial charge in [-0.1, -0.05) is 12.1 Å². The van der Waals surface area contributed by atoms with E-state index in [1.54, 1.807) is 12.1 Å². The summed E-state index contributed by atoms with van der Waals surface area (Å²) < 4.78 is 12.8. The zero-order valence-electron chi connectivity index (χ0n) is 8.97. The number of halogens is 2. The molecule has 1 nitrogen and oxygen atoms in total. The van der Waals surface area contributed by atoms with Crippen molar-refractivity contribution < 1.29 is 4.39 Å². The molecule has 0 fully saturated rings. The fourth-order valence-corrected chi connectivity index (χ4v) is 1.54. The highest BCUT2D eigenvalue weighted by Crippen LogP contribution is 2.04. The van der Waals surface area contributed by atoms with Gasteiger partial charge in [-0.2, -0.15) is 0 Å². The van der Waals surface area contributed by atoms with Crippen LogP contribution in [0.2, 0.25) is 0 Å². The first kappa shape index (κ1) is 12.5. The molecule has 0 aliphatic heterocycles. The normalized spacial score (nSPS) is 12.7. The molecule has 1 aromatic rings. The van der Waals surface area contributed by atoms with E-state index in [2.05, 4.69) is 5.32 Å². The van der Waals surface area contributed by atoms with Crippen molar-refractivity contribution in [3.63, 3.8) is 0 Å². The zero-order chi connectivity index (χ0) is 11.1. The van der Waals surface area contributed by atoms with Crippen molar-refractivity contribution in [2.24, 2.45) is 0 Å². The van der Waals surface area contributed by atoms with Crippen molar-refractivity contribution in [2.45, 2.75) is 31.7 Å². The van der Waals surface area contributed by atoms with Crippen molar-refractivity contribution in [3.8, 4) is 0 Å². The Kier molecular flexibility index (Phi) is 5.66. The van der Waals surface area contributed by atoms with Crippen LogP contribution in [0.4, 0.5) is 4.39 Å². The number of benzene rings is 1. The molecule has 1 N–H and O–H groups in total. The topological polar surface area (TPSA) is 12.0 Å². The molecule has 0 saturated carbocycles. The van der Waals surface area contributed by atoms with Gasteiger partial charge in [0.2, 0.25) is 0 Å². The molecule has 0 saturated heterocycles. The molecule has 0 bridgehead atoms. The molecule has 1 rings (SSSR count). The lowest BCUT2D eigenvalue weighted by atomic mass is 10.2. The third kappa shape index (κ3) is 5.75. The number of alkyl halides is 1. The van der Waals surface area contributed by atoms with Crippen LogP contribution in [0.3, 0.4) is 0 Å². The lowest BCUT2D eigenvalue weighted by molar-refractivity contribution is 0.606. The highest BCUT2D eigenvalue weighted by molar-refractivity contribution is 6.20. The Morgan fingerprint density at radius 1 is 1.47 bits per heavy atom. The van der Waals surface area contributed by atoms with E-state index in [1.807, 2.05) is 13.0 Å². The van der Waals surface area contributed by atoms with Gasteiger partial charge in [-0.3, -0.25) is 0 Å². The minimum atomic E-state index is -0.177. The van der Waals surface area contributed by atoms with E-state index in [9.17, 15) is 4.39 Å². The maximum absolute atomic E-state index is 12.8. The van der Waals surface area contributed by atoms with E-state index in [1.165, 1.54) is 6.07 Å². The quantitative estimate of drug-likeness (QED) is 0.583. The van der Waals surface area contributed by atoms with Gasteiger partial charge in [0.25, 0.3) is 0 Å². The Morgan fingerprint density at radius 3 is 2.93 bits per heavy atom. The first-order valence-electron chi connectivity index (χ1n) is 5.27. The number of nitrogens with one attached hydrogen (secondary N) is 1. The fourth-order valence-electron chi connectivity index (χ4n) is 1.39. The molecule has 0 aromatic heterocycles. The maximum Gasteiger partial charge on any atom is 0.123 e. The van der Waals surface area contributed by atoms with Crippen LogP contribution in [-0.2, 0) is 6.54 Å². The lowest BCUT2D eigenvalue weighted by Gasteiger charge is -2.05. The number of hydrogen-bond acceptors (Lipinski definition) is 1. The van der Waals surface area contributed by atoms with Gasteiger partial charge in [0.1, 0.15) is 5.82 Å². The van der Waals surface area contributed by atoms with Crippen LogP contribution in [-0.4, -0.2) is 11.9 Å². The summed E-state index contributed by atoms with van der Waals surface area (Å²) in [5, 5.41) is 3.50. The molecule has 3 heteroatoms. The van der Waals surface area contributed by atoms with E-state index in [-0.39, 0.29) is 11.2 Å². The Labute approximate surface area is 95.6 Å².